The van der Waals surface area contributed by atoms with Crippen LogP contribution in [0.3, 0.4) is 0 Å². The Balaban J connectivity index is 0.00000242. The van der Waals surface area contributed by atoms with Crippen molar-refractivity contribution in [2.45, 2.75) is 46.0 Å². The lowest BCUT2D eigenvalue weighted by atomic mass is 9.82. The average Bonchev–Trinajstić information content (AvgIpc) is 2.89. The number of hydrogen-bond acceptors (Lipinski definition) is 2. The van der Waals surface area contributed by atoms with E-state index in [9.17, 15) is 0 Å². The molecular formula is C17H34IN3O. The number of hydrogen-bond donors (Lipinski definition) is 1. The van der Waals surface area contributed by atoms with E-state index in [1.54, 1.807) is 0 Å². The lowest BCUT2D eigenvalue weighted by molar-refractivity contribution is 0.108. The molecule has 0 aromatic heterocycles. The molecule has 2 unspecified atom stereocenters. The van der Waals surface area contributed by atoms with Gasteiger partial charge in [-0.3, -0.25) is 4.99 Å². The molecule has 1 heterocycles. The van der Waals surface area contributed by atoms with Gasteiger partial charge >= 0.3 is 0 Å². The second-order valence-electron chi connectivity index (χ2n) is 7.01. The zero-order valence-electron chi connectivity index (χ0n) is 14.5. The van der Waals surface area contributed by atoms with E-state index in [1.807, 2.05) is 7.05 Å². The first kappa shape index (κ1) is 20.0. The van der Waals surface area contributed by atoms with Crippen LogP contribution in [0.15, 0.2) is 4.99 Å². The van der Waals surface area contributed by atoms with Crippen molar-refractivity contribution in [1.29, 1.82) is 0 Å². The number of nitrogens with one attached hydrogen (secondary N) is 1. The van der Waals surface area contributed by atoms with E-state index in [-0.39, 0.29) is 24.0 Å². The maximum Gasteiger partial charge on any atom is 0.193 e. The number of nitrogens with zero attached hydrogens (tertiary/aromatic N) is 2. The highest BCUT2D eigenvalue weighted by Gasteiger charge is 2.35. The Bertz CT molecular complexity index is 322. The van der Waals surface area contributed by atoms with E-state index in [4.69, 9.17) is 4.74 Å². The van der Waals surface area contributed by atoms with Crippen LogP contribution in [-0.4, -0.2) is 50.8 Å². The summed E-state index contributed by atoms with van der Waals surface area (Å²) in [7, 11) is 1.90. The maximum absolute atomic E-state index is 5.62. The molecule has 5 heteroatoms. The van der Waals surface area contributed by atoms with E-state index in [2.05, 4.69) is 29.1 Å². The highest BCUT2D eigenvalue weighted by molar-refractivity contribution is 14.0. The van der Waals surface area contributed by atoms with Gasteiger partial charge in [0.05, 0.1) is 0 Å². The fraction of sp³-hybridized carbons (Fsp3) is 0.941. The molecule has 0 bridgehead atoms. The molecular weight excluding hydrogens is 389 g/mol. The monoisotopic (exact) mass is 423 g/mol. The van der Waals surface area contributed by atoms with Crippen molar-refractivity contribution in [2.24, 2.45) is 22.7 Å². The first-order valence-corrected chi connectivity index (χ1v) is 8.74. The van der Waals surface area contributed by atoms with Crippen LogP contribution in [0.5, 0.6) is 0 Å². The summed E-state index contributed by atoms with van der Waals surface area (Å²) >= 11 is 0. The molecule has 0 aromatic carbocycles. The summed E-state index contributed by atoms with van der Waals surface area (Å²) in [6, 6.07) is 0. The van der Waals surface area contributed by atoms with Crippen molar-refractivity contribution >= 4 is 29.9 Å². The van der Waals surface area contributed by atoms with Gasteiger partial charge < -0.3 is 15.0 Å². The first-order valence-electron chi connectivity index (χ1n) is 8.74. The van der Waals surface area contributed by atoms with Crippen LogP contribution < -0.4 is 5.32 Å². The van der Waals surface area contributed by atoms with Crippen molar-refractivity contribution in [1.82, 2.24) is 10.2 Å². The van der Waals surface area contributed by atoms with Gasteiger partial charge in [0.1, 0.15) is 0 Å². The molecule has 1 saturated carbocycles. The molecule has 1 aliphatic heterocycles. The summed E-state index contributed by atoms with van der Waals surface area (Å²) in [5.74, 6) is 3.53. The molecule has 4 nitrogen and oxygen atoms in total. The number of halogens is 1. The summed E-state index contributed by atoms with van der Waals surface area (Å²) in [5.41, 5.74) is 0. The van der Waals surface area contributed by atoms with Crippen LogP contribution in [0, 0.1) is 17.8 Å². The fourth-order valence-electron chi connectivity index (χ4n) is 3.60. The maximum atomic E-state index is 5.62. The van der Waals surface area contributed by atoms with Gasteiger partial charge in [-0.15, -0.1) is 24.0 Å². The molecule has 1 N–H and O–H groups in total. The largest absolute Gasteiger partial charge is 0.381 e. The highest BCUT2D eigenvalue weighted by Crippen LogP contribution is 2.35. The lowest BCUT2D eigenvalue weighted by Gasteiger charge is -2.22. The van der Waals surface area contributed by atoms with Crippen molar-refractivity contribution in [3.63, 3.8) is 0 Å². The smallest absolute Gasteiger partial charge is 0.193 e. The van der Waals surface area contributed by atoms with E-state index in [0.717, 1.165) is 44.0 Å². The third-order valence-electron chi connectivity index (χ3n) is 4.69. The Morgan fingerprint density at radius 1 is 1.23 bits per heavy atom. The normalized spacial score (nSPS) is 25.1. The van der Waals surface area contributed by atoms with Gasteiger partial charge in [-0.2, -0.15) is 0 Å². The number of ether oxygens (including phenoxy) is 1. The minimum Gasteiger partial charge on any atom is -0.381 e. The Labute approximate surface area is 153 Å². The molecule has 2 aliphatic rings. The summed E-state index contributed by atoms with van der Waals surface area (Å²) in [4.78, 5) is 6.93. The third-order valence-corrected chi connectivity index (χ3v) is 4.69. The zero-order valence-corrected chi connectivity index (χ0v) is 16.8. The second-order valence-corrected chi connectivity index (χ2v) is 7.01. The number of aliphatic imine (C=N–C) groups is 1. The van der Waals surface area contributed by atoms with Gasteiger partial charge in [-0.25, -0.2) is 0 Å². The topological polar surface area (TPSA) is 36.9 Å². The van der Waals surface area contributed by atoms with Gasteiger partial charge in [0.2, 0.25) is 0 Å². The predicted molar refractivity (Wildman–Crippen MR) is 104 cm³/mol. The van der Waals surface area contributed by atoms with Gasteiger partial charge in [0.25, 0.3) is 0 Å². The molecule has 22 heavy (non-hydrogen) atoms. The molecule has 2 fully saturated rings. The van der Waals surface area contributed by atoms with E-state index in [1.165, 1.54) is 38.8 Å². The summed E-state index contributed by atoms with van der Waals surface area (Å²) in [5, 5.41) is 3.51. The van der Waals surface area contributed by atoms with Crippen LogP contribution in [0.25, 0.3) is 0 Å². The Kier molecular flexibility index (Phi) is 9.71. The number of guanidine groups is 1. The van der Waals surface area contributed by atoms with Crippen LogP contribution in [-0.2, 0) is 4.74 Å². The van der Waals surface area contributed by atoms with E-state index in [0.29, 0.717) is 5.92 Å². The van der Waals surface area contributed by atoms with Gasteiger partial charge in [-0.1, -0.05) is 26.7 Å². The Morgan fingerprint density at radius 3 is 2.41 bits per heavy atom. The van der Waals surface area contributed by atoms with Crippen LogP contribution in [0.2, 0.25) is 0 Å². The van der Waals surface area contributed by atoms with Crippen molar-refractivity contribution < 1.29 is 4.74 Å². The molecule has 0 aromatic rings. The molecule has 1 aliphatic carbocycles. The molecule has 130 valence electrons. The Hall–Kier alpha value is -0.0400. The summed E-state index contributed by atoms with van der Waals surface area (Å²) in [6.07, 6.45) is 6.73. The molecule has 2 atom stereocenters. The minimum absolute atomic E-state index is 0. The quantitative estimate of drug-likeness (QED) is 0.308. The van der Waals surface area contributed by atoms with Gasteiger partial charge in [0.15, 0.2) is 5.96 Å². The average molecular weight is 423 g/mol. The number of likely N-dealkylation sites (tertiary alicyclic amines) is 1. The SMILES string of the molecule is CN=C(NCCCOCC(C)C)N1CC2CCCCC2C1.I. The molecule has 0 spiro atoms. The molecule has 0 amide bonds. The lowest BCUT2D eigenvalue weighted by Crippen LogP contribution is -2.40. The van der Waals surface area contributed by atoms with E-state index >= 15 is 0 Å². The van der Waals surface area contributed by atoms with Crippen molar-refractivity contribution in [3.8, 4) is 0 Å². The van der Waals surface area contributed by atoms with Gasteiger partial charge in [-0.05, 0) is 37.0 Å². The third kappa shape index (κ3) is 6.22. The summed E-state index contributed by atoms with van der Waals surface area (Å²) in [6.45, 7) is 9.44. The first-order chi connectivity index (χ1) is 10.2. The van der Waals surface area contributed by atoms with Crippen LogP contribution in [0.1, 0.15) is 46.0 Å². The molecule has 2 rings (SSSR count). The molecule has 0 radical (unpaired) electrons. The Morgan fingerprint density at radius 2 is 1.86 bits per heavy atom. The minimum atomic E-state index is 0. The van der Waals surface area contributed by atoms with Crippen LogP contribution in [0.4, 0.5) is 0 Å². The van der Waals surface area contributed by atoms with Gasteiger partial charge in [0, 0.05) is 39.9 Å². The van der Waals surface area contributed by atoms with Crippen molar-refractivity contribution in [3.05, 3.63) is 0 Å². The summed E-state index contributed by atoms with van der Waals surface area (Å²) < 4.78 is 5.62. The standard InChI is InChI=1S/C17H33N3O.HI/c1-14(2)13-21-10-6-9-19-17(18-3)20-11-15-7-4-5-8-16(15)12-20;/h14-16H,4-13H2,1-3H3,(H,18,19);1H. The number of fused-ring (bicyclic) bond motifs is 1. The second kappa shape index (κ2) is 10.7. The zero-order chi connectivity index (χ0) is 15.1. The number of rotatable bonds is 6. The predicted octanol–water partition coefficient (Wildman–Crippen LogP) is 3.36. The van der Waals surface area contributed by atoms with E-state index < -0.39 is 0 Å². The fourth-order valence-corrected chi connectivity index (χ4v) is 3.60. The van der Waals surface area contributed by atoms with Crippen molar-refractivity contribution in [2.75, 3.05) is 39.9 Å². The highest BCUT2D eigenvalue weighted by atomic mass is 127. The molecule has 1 saturated heterocycles. The van der Waals surface area contributed by atoms with Crippen LogP contribution >= 0.6 is 24.0 Å².